The lowest BCUT2D eigenvalue weighted by atomic mass is 10.2. The van der Waals surface area contributed by atoms with E-state index in [1.54, 1.807) is 24.4 Å². The summed E-state index contributed by atoms with van der Waals surface area (Å²) in [5.41, 5.74) is 0.994. The molecule has 0 aromatic carbocycles. The fourth-order valence-electron chi connectivity index (χ4n) is 1.91. The van der Waals surface area contributed by atoms with Gasteiger partial charge in [-0.2, -0.15) is 0 Å². The molecule has 0 saturated heterocycles. The molecule has 1 aromatic rings. The summed E-state index contributed by atoms with van der Waals surface area (Å²) in [6.07, 6.45) is 4.58. The molecule has 0 bridgehead atoms. The molecule has 1 rings (SSSR count). The molecular weight excluding hydrogens is 286 g/mol. The van der Waals surface area contributed by atoms with Crippen molar-refractivity contribution >= 4 is 12.0 Å². The number of methoxy groups -OCH3 is 1. The third kappa shape index (κ3) is 7.58. The van der Waals surface area contributed by atoms with E-state index < -0.39 is 5.97 Å². The first-order valence-corrected chi connectivity index (χ1v) is 7.26. The van der Waals surface area contributed by atoms with Gasteiger partial charge in [-0.25, -0.2) is 4.79 Å². The Morgan fingerprint density at radius 3 is 2.68 bits per heavy atom. The lowest BCUT2D eigenvalue weighted by Gasteiger charge is -2.23. The monoisotopic (exact) mass is 309 g/mol. The summed E-state index contributed by atoms with van der Waals surface area (Å²) in [7, 11) is 1.62. The van der Waals surface area contributed by atoms with Crippen LogP contribution in [0, 0.1) is 0 Å². The van der Waals surface area contributed by atoms with Gasteiger partial charge in [0.2, 0.25) is 0 Å². The Labute approximate surface area is 130 Å². The van der Waals surface area contributed by atoms with Crippen molar-refractivity contribution in [2.45, 2.75) is 25.8 Å². The average molecular weight is 309 g/mol. The van der Waals surface area contributed by atoms with Crippen LogP contribution in [-0.4, -0.2) is 53.8 Å². The van der Waals surface area contributed by atoms with E-state index in [1.807, 2.05) is 12.1 Å². The molecular formula is C15H23N3O4. The molecule has 0 aliphatic heterocycles. The van der Waals surface area contributed by atoms with Crippen LogP contribution in [0.1, 0.15) is 24.8 Å². The van der Waals surface area contributed by atoms with Crippen LogP contribution in [0.5, 0.6) is 0 Å². The van der Waals surface area contributed by atoms with Gasteiger partial charge in [0, 0.05) is 52.2 Å². The van der Waals surface area contributed by atoms with Crippen LogP contribution >= 0.6 is 0 Å². The molecule has 7 heteroatoms. The number of carbonyl (C=O) groups is 2. The second-order valence-electron chi connectivity index (χ2n) is 4.85. The van der Waals surface area contributed by atoms with Gasteiger partial charge in [0.15, 0.2) is 0 Å². The second-order valence-corrected chi connectivity index (χ2v) is 4.85. The topological polar surface area (TPSA) is 91.8 Å². The van der Waals surface area contributed by atoms with E-state index in [9.17, 15) is 9.59 Å². The van der Waals surface area contributed by atoms with Gasteiger partial charge in [0.1, 0.15) is 0 Å². The van der Waals surface area contributed by atoms with E-state index in [-0.39, 0.29) is 12.5 Å². The Kier molecular flexibility index (Phi) is 8.59. The molecule has 7 nitrogen and oxygen atoms in total. The number of hydrogen-bond donors (Lipinski definition) is 2. The Morgan fingerprint density at radius 2 is 2.05 bits per heavy atom. The molecule has 1 heterocycles. The number of carbonyl (C=O) groups excluding carboxylic acids is 1. The zero-order valence-electron chi connectivity index (χ0n) is 12.8. The molecule has 0 radical (unpaired) electrons. The summed E-state index contributed by atoms with van der Waals surface area (Å²) in [4.78, 5) is 28.3. The SMILES string of the molecule is COCCCN(Cc1ccncc1)C(=O)NCCCC(=O)O. The second kappa shape index (κ2) is 10.6. The Hall–Kier alpha value is -2.15. The highest BCUT2D eigenvalue weighted by Gasteiger charge is 2.13. The largest absolute Gasteiger partial charge is 0.481 e. The van der Waals surface area contributed by atoms with Crippen LogP contribution in [0.2, 0.25) is 0 Å². The maximum atomic E-state index is 12.2. The minimum Gasteiger partial charge on any atom is -0.481 e. The van der Waals surface area contributed by atoms with E-state index in [1.165, 1.54) is 0 Å². The third-order valence-corrected chi connectivity index (χ3v) is 3.03. The van der Waals surface area contributed by atoms with Crippen molar-refractivity contribution in [2.75, 3.05) is 26.8 Å². The van der Waals surface area contributed by atoms with Gasteiger partial charge in [0.05, 0.1) is 0 Å². The van der Waals surface area contributed by atoms with Crippen molar-refractivity contribution in [3.8, 4) is 0 Å². The molecule has 0 fully saturated rings. The van der Waals surface area contributed by atoms with Crippen molar-refractivity contribution in [1.82, 2.24) is 15.2 Å². The van der Waals surface area contributed by atoms with Crippen LogP contribution < -0.4 is 5.32 Å². The smallest absolute Gasteiger partial charge is 0.317 e. The van der Waals surface area contributed by atoms with Gasteiger partial charge in [-0.15, -0.1) is 0 Å². The predicted octanol–water partition coefficient (Wildman–Crippen LogP) is 1.49. The van der Waals surface area contributed by atoms with Crippen LogP contribution in [0.3, 0.4) is 0 Å². The molecule has 0 saturated carbocycles. The number of pyridine rings is 1. The third-order valence-electron chi connectivity index (χ3n) is 3.03. The molecule has 0 spiro atoms. The maximum absolute atomic E-state index is 12.2. The molecule has 22 heavy (non-hydrogen) atoms. The van der Waals surface area contributed by atoms with Gasteiger partial charge in [-0.3, -0.25) is 9.78 Å². The number of aliphatic carboxylic acids is 1. The number of urea groups is 1. The first-order valence-electron chi connectivity index (χ1n) is 7.26. The molecule has 0 aliphatic carbocycles. The predicted molar refractivity (Wildman–Crippen MR) is 81.4 cm³/mol. The first-order chi connectivity index (χ1) is 10.6. The first kappa shape index (κ1) is 17.9. The molecule has 0 atom stereocenters. The number of carboxylic acids is 1. The average Bonchev–Trinajstić information content (AvgIpc) is 2.51. The van der Waals surface area contributed by atoms with Crippen molar-refractivity contribution in [1.29, 1.82) is 0 Å². The van der Waals surface area contributed by atoms with Crippen LogP contribution in [-0.2, 0) is 16.1 Å². The minimum absolute atomic E-state index is 0.0499. The Bertz CT molecular complexity index is 453. The standard InChI is InChI=1S/C15H23N3O4/c1-22-11-3-10-18(12-13-5-8-16-9-6-13)15(21)17-7-2-4-14(19)20/h5-6,8-9H,2-4,7,10-12H2,1H3,(H,17,21)(H,19,20). The normalized spacial score (nSPS) is 10.2. The number of nitrogens with one attached hydrogen (secondary N) is 1. The van der Waals surface area contributed by atoms with E-state index in [0.29, 0.717) is 32.7 Å². The minimum atomic E-state index is -0.858. The van der Waals surface area contributed by atoms with Crippen molar-refractivity contribution in [3.05, 3.63) is 30.1 Å². The van der Waals surface area contributed by atoms with Gasteiger partial charge in [-0.1, -0.05) is 0 Å². The zero-order chi connectivity index (χ0) is 16.2. The van der Waals surface area contributed by atoms with Gasteiger partial charge in [0.25, 0.3) is 0 Å². The fourth-order valence-corrected chi connectivity index (χ4v) is 1.91. The molecule has 0 aliphatic rings. The Balaban J connectivity index is 2.48. The number of nitrogens with zero attached hydrogens (tertiary/aromatic N) is 2. The number of carboxylic acid groups (broad SMARTS) is 1. The van der Waals surface area contributed by atoms with Gasteiger partial charge < -0.3 is 20.1 Å². The highest BCUT2D eigenvalue weighted by molar-refractivity contribution is 5.74. The summed E-state index contributed by atoms with van der Waals surface area (Å²) in [5.74, 6) is -0.858. The highest BCUT2D eigenvalue weighted by atomic mass is 16.5. The lowest BCUT2D eigenvalue weighted by molar-refractivity contribution is -0.137. The van der Waals surface area contributed by atoms with Crippen LogP contribution in [0.25, 0.3) is 0 Å². The molecule has 1 aromatic heterocycles. The fraction of sp³-hybridized carbons (Fsp3) is 0.533. The number of hydrogen-bond acceptors (Lipinski definition) is 4. The zero-order valence-corrected chi connectivity index (χ0v) is 12.8. The molecule has 2 amide bonds. The number of amides is 2. The van der Waals surface area contributed by atoms with E-state index >= 15 is 0 Å². The number of aromatic nitrogens is 1. The molecule has 122 valence electrons. The molecule has 2 N–H and O–H groups in total. The van der Waals surface area contributed by atoms with Crippen LogP contribution in [0.4, 0.5) is 4.79 Å². The summed E-state index contributed by atoms with van der Waals surface area (Å²) in [6, 6.07) is 3.53. The van der Waals surface area contributed by atoms with E-state index in [0.717, 1.165) is 12.0 Å². The maximum Gasteiger partial charge on any atom is 0.317 e. The number of rotatable bonds is 10. The Morgan fingerprint density at radius 1 is 1.32 bits per heavy atom. The quantitative estimate of drug-likeness (QED) is 0.639. The number of ether oxygens (including phenoxy) is 1. The van der Waals surface area contributed by atoms with Crippen LogP contribution in [0.15, 0.2) is 24.5 Å². The van der Waals surface area contributed by atoms with E-state index in [2.05, 4.69) is 10.3 Å². The van der Waals surface area contributed by atoms with Crippen molar-refractivity contribution in [2.24, 2.45) is 0 Å². The summed E-state index contributed by atoms with van der Waals surface area (Å²) in [5, 5.41) is 11.3. The summed E-state index contributed by atoms with van der Waals surface area (Å²) in [6.45, 7) is 1.99. The molecule has 0 unspecified atom stereocenters. The van der Waals surface area contributed by atoms with Gasteiger partial charge >= 0.3 is 12.0 Å². The lowest BCUT2D eigenvalue weighted by Crippen LogP contribution is -2.40. The van der Waals surface area contributed by atoms with E-state index in [4.69, 9.17) is 9.84 Å². The summed E-state index contributed by atoms with van der Waals surface area (Å²) < 4.78 is 5.01. The summed E-state index contributed by atoms with van der Waals surface area (Å²) >= 11 is 0. The van der Waals surface area contributed by atoms with Crippen molar-refractivity contribution in [3.63, 3.8) is 0 Å². The van der Waals surface area contributed by atoms with Crippen molar-refractivity contribution < 1.29 is 19.4 Å². The van der Waals surface area contributed by atoms with Gasteiger partial charge in [-0.05, 0) is 30.5 Å². The highest BCUT2D eigenvalue weighted by Crippen LogP contribution is 2.05.